The Morgan fingerprint density at radius 2 is 1.95 bits per heavy atom. The van der Waals surface area contributed by atoms with E-state index in [-0.39, 0.29) is 4.75 Å². The van der Waals surface area contributed by atoms with Gasteiger partial charge in [-0.2, -0.15) is 11.8 Å². The molecule has 4 nitrogen and oxygen atoms in total. The van der Waals surface area contributed by atoms with E-state index in [0.717, 1.165) is 38.1 Å². The van der Waals surface area contributed by atoms with Crippen molar-refractivity contribution in [3.8, 4) is 0 Å². The summed E-state index contributed by atoms with van der Waals surface area (Å²) in [4.78, 5) is 7.26. The number of nitrogens with one attached hydrogen (secondary N) is 2. The van der Waals surface area contributed by atoms with E-state index in [9.17, 15) is 0 Å². The van der Waals surface area contributed by atoms with Gasteiger partial charge in [0.2, 0.25) is 0 Å². The summed E-state index contributed by atoms with van der Waals surface area (Å²) in [6.45, 7) is 15.3. The molecule has 0 aliphatic carbocycles. The quantitative estimate of drug-likeness (QED) is 0.559. The summed E-state index contributed by atoms with van der Waals surface area (Å²) in [5, 5.41) is 6.80. The van der Waals surface area contributed by atoms with Crippen LogP contribution in [0.1, 0.15) is 40.5 Å². The van der Waals surface area contributed by atoms with E-state index in [2.05, 4.69) is 49.5 Å². The van der Waals surface area contributed by atoms with Crippen LogP contribution in [0.2, 0.25) is 0 Å². The Morgan fingerprint density at radius 1 is 1.29 bits per heavy atom. The van der Waals surface area contributed by atoms with E-state index in [1.165, 1.54) is 25.9 Å². The fourth-order valence-corrected chi connectivity index (χ4v) is 2.49. The molecule has 1 heterocycles. The smallest absolute Gasteiger partial charge is 0.191 e. The predicted octanol–water partition coefficient (Wildman–Crippen LogP) is 2.42. The zero-order valence-electron chi connectivity index (χ0n) is 14.5. The van der Waals surface area contributed by atoms with Crippen LogP contribution in [-0.2, 0) is 0 Å². The second-order valence-corrected chi connectivity index (χ2v) is 8.12. The van der Waals surface area contributed by atoms with Gasteiger partial charge in [-0.3, -0.25) is 4.99 Å². The molecule has 0 aromatic carbocycles. The zero-order chi connectivity index (χ0) is 15.7. The molecule has 5 heteroatoms. The van der Waals surface area contributed by atoms with Gasteiger partial charge in [0.15, 0.2) is 5.96 Å². The first-order valence-electron chi connectivity index (χ1n) is 8.26. The maximum atomic E-state index is 4.71. The Morgan fingerprint density at radius 3 is 2.52 bits per heavy atom. The maximum Gasteiger partial charge on any atom is 0.191 e. The average Bonchev–Trinajstić information content (AvgIpc) is 2.47. The van der Waals surface area contributed by atoms with Crippen molar-refractivity contribution in [3.63, 3.8) is 0 Å². The van der Waals surface area contributed by atoms with E-state index in [4.69, 9.17) is 4.99 Å². The minimum atomic E-state index is 0.200. The number of nitrogens with zero attached hydrogens (tertiary/aromatic N) is 2. The number of rotatable bonds is 7. The maximum absolute atomic E-state index is 4.71. The monoisotopic (exact) mass is 314 g/mol. The number of hydrogen-bond acceptors (Lipinski definition) is 3. The highest BCUT2D eigenvalue weighted by molar-refractivity contribution is 7.99. The van der Waals surface area contributed by atoms with Crippen molar-refractivity contribution in [2.45, 2.75) is 45.3 Å². The molecule has 1 saturated heterocycles. The van der Waals surface area contributed by atoms with Crippen molar-refractivity contribution in [3.05, 3.63) is 0 Å². The van der Waals surface area contributed by atoms with Crippen LogP contribution < -0.4 is 10.6 Å². The topological polar surface area (TPSA) is 39.7 Å². The average molecular weight is 315 g/mol. The Balaban J connectivity index is 2.32. The highest BCUT2D eigenvalue weighted by Gasteiger charge is 2.16. The molecule has 2 N–H and O–H groups in total. The van der Waals surface area contributed by atoms with E-state index in [0.29, 0.717) is 0 Å². The molecule has 0 unspecified atom stereocenters. The van der Waals surface area contributed by atoms with E-state index in [1.807, 2.05) is 11.8 Å². The second kappa shape index (κ2) is 9.57. The van der Waals surface area contributed by atoms with Gasteiger partial charge in [0.1, 0.15) is 0 Å². The molecule has 0 aromatic rings. The first-order valence-corrected chi connectivity index (χ1v) is 9.49. The van der Waals surface area contributed by atoms with Crippen LogP contribution >= 0.6 is 11.8 Å². The number of piperidine rings is 1. The minimum absolute atomic E-state index is 0.200. The Labute approximate surface area is 135 Å². The number of guanidine groups is 1. The number of hydrogen-bond donors (Lipinski definition) is 2. The van der Waals surface area contributed by atoms with Gasteiger partial charge in [0.05, 0.1) is 6.54 Å². The predicted molar refractivity (Wildman–Crippen MR) is 96.4 cm³/mol. The van der Waals surface area contributed by atoms with Crippen LogP contribution in [0.5, 0.6) is 0 Å². The van der Waals surface area contributed by atoms with E-state index in [1.54, 1.807) is 0 Å². The highest BCUT2D eigenvalue weighted by Crippen LogP contribution is 2.20. The lowest BCUT2D eigenvalue weighted by molar-refractivity contribution is 0.195. The Hall–Kier alpha value is -0.420. The third-order valence-electron chi connectivity index (χ3n) is 4.11. The molecule has 1 aliphatic rings. The molecule has 1 aliphatic heterocycles. The van der Waals surface area contributed by atoms with Crippen LogP contribution in [0.25, 0.3) is 0 Å². The standard InChI is InChI=1S/C16H34N4S/c1-6-17-15(19-13-16(3,4)21-5)18-9-12-20-10-7-14(2)8-11-20/h14H,6-13H2,1-5H3,(H2,17,18,19). The number of aliphatic imine (C=N–C) groups is 1. The lowest BCUT2D eigenvalue weighted by Crippen LogP contribution is -2.43. The van der Waals surface area contributed by atoms with Crippen LogP contribution in [-0.4, -0.2) is 61.1 Å². The molecule has 21 heavy (non-hydrogen) atoms. The first-order chi connectivity index (χ1) is 9.96. The van der Waals surface area contributed by atoms with Gasteiger partial charge < -0.3 is 15.5 Å². The zero-order valence-corrected chi connectivity index (χ0v) is 15.4. The summed E-state index contributed by atoms with van der Waals surface area (Å²) >= 11 is 1.86. The van der Waals surface area contributed by atoms with Gasteiger partial charge in [0.25, 0.3) is 0 Å². The van der Waals surface area contributed by atoms with Crippen LogP contribution in [0.15, 0.2) is 4.99 Å². The van der Waals surface area contributed by atoms with E-state index >= 15 is 0 Å². The fraction of sp³-hybridized carbons (Fsp3) is 0.938. The fourth-order valence-electron chi connectivity index (χ4n) is 2.29. The van der Waals surface area contributed by atoms with Crippen molar-refractivity contribution in [2.24, 2.45) is 10.9 Å². The summed E-state index contributed by atoms with van der Waals surface area (Å²) in [5.74, 6) is 1.85. The minimum Gasteiger partial charge on any atom is -0.357 e. The Bertz CT molecular complexity index is 309. The van der Waals surface area contributed by atoms with Crippen molar-refractivity contribution in [1.82, 2.24) is 15.5 Å². The normalized spacial score (nSPS) is 18.8. The molecular weight excluding hydrogens is 280 g/mol. The molecule has 0 amide bonds. The third-order valence-corrected chi connectivity index (χ3v) is 5.35. The number of thioether (sulfide) groups is 1. The number of likely N-dealkylation sites (tertiary alicyclic amines) is 1. The van der Waals surface area contributed by atoms with Gasteiger partial charge in [-0.15, -0.1) is 0 Å². The van der Waals surface area contributed by atoms with Crippen LogP contribution in [0, 0.1) is 5.92 Å². The SMILES string of the molecule is CCNC(=NCC(C)(C)SC)NCCN1CCC(C)CC1. The molecule has 1 fully saturated rings. The van der Waals surface area contributed by atoms with Gasteiger partial charge in [-0.25, -0.2) is 0 Å². The molecule has 0 saturated carbocycles. The molecule has 0 radical (unpaired) electrons. The van der Waals surface area contributed by atoms with Gasteiger partial charge in [-0.05, 0) is 58.9 Å². The van der Waals surface area contributed by atoms with Gasteiger partial charge in [-0.1, -0.05) is 6.92 Å². The molecule has 0 bridgehead atoms. The second-order valence-electron chi connectivity index (χ2n) is 6.61. The highest BCUT2D eigenvalue weighted by atomic mass is 32.2. The molecule has 1 rings (SSSR count). The van der Waals surface area contributed by atoms with Gasteiger partial charge >= 0.3 is 0 Å². The van der Waals surface area contributed by atoms with Crippen LogP contribution in [0.3, 0.4) is 0 Å². The molecule has 0 spiro atoms. The van der Waals surface area contributed by atoms with Crippen LogP contribution in [0.4, 0.5) is 0 Å². The summed E-state index contributed by atoms with van der Waals surface area (Å²) in [7, 11) is 0. The largest absolute Gasteiger partial charge is 0.357 e. The first kappa shape index (κ1) is 18.6. The summed E-state index contributed by atoms with van der Waals surface area (Å²) in [5.41, 5.74) is 0. The van der Waals surface area contributed by atoms with Crippen molar-refractivity contribution < 1.29 is 0 Å². The summed E-state index contributed by atoms with van der Waals surface area (Å²) in [6, 6.07) is 0. The van der Waals surface area contributed by atoms with E-state index < -0.39 is 0 Å². The van der Waals surface area contributed by atoms with Gasteiger partial charge in [0, 0.05) is 24.4 Å². The van der Waals surface area contributed by atoms with Crippen molar-refractivity contribution in [1.29, 1.82) is 0 Å². The Kier molecular flexibility index (Phi) is 8.49. The lowest BCUT2D eigenvalue weighted by Gasteiger charge is -2.30. The lowest BCUT2D eigenvalue weighted by atomic mass is 9.99. The molecule has 0 aromatic heterocycles. The molecular formula is C16H34N4S. The summed E-state index contributed by atoms with van der Waals surface area (Å²) in [6.07, 6.45) is 4.83. The third kappa shape index (κ3) is 7.96. The summed E-state index contributed by atoms with van der Waals surface area (Å²) < 4.78 is 0.200. The van der Waals surface area contributed by atoms with Crippen molar-refractivity contribution >= 4 is 17.7 Å². The molecule has 0 atom stereocenters. The van der Waals surface area contributed by atoms with Crippen molar-refractivity contribution in [2.75, 3.05) is 45.5 Å². The molecule has 124 valence electrons.